The normalized spacial score (nSPS) is 13.1. The highest BCUT2D eigenvalue weighted by Gasteiger charge is 2.08. The minimum absolute atomic E-state index is 0.00523. The zero-order valence-corrected chi connectivity index (χ0v) is 13.5. The van der Waals surface area contributed by atoms with Gasteiger partial charge in [0.15, 0.2) is 0 Å². The summed E-state index contributed by atoms with van der Waals surface area (Å²) in [5, 5.41) is 0. The van der Waals surface area contributed by atoms with E-state index in [4.69, 9.17) is 10.5 Å². The number of ether oxygens (including phenoxy) is 1. The zero-order valence-electron chi connectivity index (χ0n) is 12.6. The van der Waals surface area contributed by atoms with Crippen molar-refractivity contribution in [3.05, 3.63) is 29.6 Å². The molecule has 1 unspecified atom stereocenters. The van der Waals surface area contributed by atoms with Gasteiger partial charge in [0, 0.05) is 17.9 Å². The first-order chi connectivity index (χ1) is 9.86. The fourth-order valence-corrected chi connectivity index (χ4v) is 2.73. The van der Waals surface area contributed by atoms with E-state index >= 15 is 0 Å². The molecule has 2 N–H and O–H groups in total. The molecule has 6 heteroatoms. The van der Waals surface area contributed by atoms with Gasteiger partial charge in [-0.25, -0.2) is 12.8 Å². The summed E-state index contributed by atoms with van der Waals surface area (Å²) in [4.78, 5) is 0. The zero-order chi connectivity index (χ0) is 15.9. The minimum atomic E-state index is -2.98. The molecule has 120 valence electrons. The maximum absolute atomic E-state index is 13.5. The van der Waals surface area contributed by atoms with Gasteiger partial charge >= 0.3 is 0 Å². The summed E-state index contributed by atoms with van der Waals surface area (Å²) in [6.45, 7) is 3.85. The number of nitrogens with two attached hydrogens (primary N) is 1. The van der Waals surface area contributed by atoms with Gasteiger partial charge in [-0.15, -0.1) is 0 Å². The maximum Gasteiger partial charge on any atom is 0.150 e. The second-order valence-corrected chi connectivity index (χ2v) is 7.58. The molecule has 0 amide bonds. The average molecular weight is 317 g/mol. The second kappa shape index (κ2) is 8.34. The Bertz CT molecular complexity index is 546. The topological polar surface area (TPSA) is 69.4 Å². The van der Waals surface area contributed by atoms with Crippen molar-refractivity contribution in [3.63, 3.8) is 0 Å². The number of hydrogen-bond donors (Lipinski definition) is 1. The summed E-state index contributed by atoms with van der Waals surface area (Å²) in [6.07, 6.45) is 1.81. The van der Waals surface area contributed by atoms with Crippen molar-refractivity contribution in [3.8, 4) is 5.75 Å². The SMILES string of the molecule is CCC(N)Cc1cc(F)cc(OCCCS(=O)(=O)CC)c1. The van der Waals surface area contributed by atoms with Gasteiger partial charge in [-0.05, 0) is 37.0 Å². The standard InChI is InChI=1S/C15H24FNO3S/c1-3-14(17)9-12-8-13(16)11-15(10-12)20-6-5-7-21(18,19)4-2/h8,10-11,14H,3-7,9,17H2,1-2H3. The van der Waals surface area contributed by atoms with Crippen LogP contribution < -0.4 is 10.5 Å². The van der Waals surface area contributed by atoms with E-state index in [2.05, 4.69) is 0 Å². The molecule has 0 heterocycles. The number of halogens is 1. The van der Waals surface area contributed by atoms with E-state index in [9.17, 15) is 12.8 Å². The summed E-state index contributed by atoms with van der Waals surface area (Å²) in [5.74, 6) is 0.271. The Morgan fingerprint density at radius 2 is 2.00 bits per heavy atom. The summed E-state index contributed by atoms with van der Waals surface area (Å²) in [5.41, 5.74) is 6.65. The van der Waals surface area contributed by atoms with Crippen molar-refractivity contribution in [1.82, 2.24) is 0 Å². The maximum atomic E-state index is 13.5. The van der Waals surface area contributed by atoms with Crippen molar-refractivity contribution in [2.75, 3.05) is 18.1 Å². The molecule has 0 aromatic heterocycles. The molecule has 0 saturated carbocycles. The number of sulfone groups is 1. The van der Waals surface area contributed by atoms with Crippen LogP contribution in [0, 0.1) is 5.82 Å². The third kappa shape index (κ3) is 6.91. The average Bonchev–Trinajstić information content (AvgIpc) is 2.43. The molecule has 4 nitrogen and oxygen atoms in total. The minimum Gasteiger partial charge on any atom is -0.493 e. The van der Waals surface area contributed by atoms with Gasteiger partial charge < -0.3 is 10.5 Å². The second-order valence-electron chi connectivity index (χ2n) is 5.11. The van der Waals surface area contributed by atoms with E-state index < -0.39 is 9.84 Å². The first kappa shape index (κ1) is 17.9. The Balaban J connectivity index is 2.55. The summed E-state index contributed by atoms with van der Waals surface area (Å²) >= 11 is 0. The molecule has 21 heavy (non-hydrogen) atoms. The Hall–Kier alpha value is -1.14. The van der Waals surface area contributed by atoms with Crippen molar-refractivity contribution >= 4 is 9.84 Å². The van der Waals surface area contributed by atoms with Crippen LogP contribution in [0.4, 0.5) is 4.39 Å². The first-order valence-electron chi connectivity index (χ1n) is 7.24. The van der Waals surface area contributed by atoms with Crippen LogP contribution in [0.25, 0.3) is 0 Å². The van der Waals surface area contributed by atoms with E-state index in [0.717, 1.165) is 12.0 Å². The highest BCUT2D eigenvalue weighted by Crippen LogP contribution is 2.18. The van der Waals surface area contributed by atoms with Gasteiger partial charge in [0.25, 0.3) is 0 Å². The molecule has 0 aliphatic heterocycles. The van der Waals surface area contributed by atoms with E-state index in [0.29, 0.717) is 18.6 Å². The molecule has 1 aromatic carbocycles. The summed E-state index contributed by atoms with van der Waals surface area (Å²) < 4.78 is 41.6. The predicted octanol–water partition coefficient (Wildman–Crippen LogP) is 2.31. The number of benzene rings is 1. The van der Waals surface area contributed by atoms with Gasteiger partial charge in [-0.1, -0.05) is 13.8 Å². The lowest BCUT2D eigenvalue weighted by Crippen LogP contribution is -2.21. The largest absolute Gasteiger partial charge is 0.493 e. The molecule has 0 saturated heterocycles. The highest BCUT2D eigenvalue weighted by molar-refractivity contribution is 7.91. The lowest BCUT2D eigenvalue weighted by Gasteiger charge is -2.11. The molecular formula is C15H24FNO3S. The molecule has 0 radical (unpaired) electrons. The van der Waals surface area contributed by atoms with Crippen molar-refractivity contribution in [2.24, 2.45) is 5.73 Å². The predicted molar refractivity (Wildman–Crippen MR) is 82.8 cm³/mol. The van der Waals surface area contributed by atoms with E-state index in [1.54, 1.807) is 13.0 Å². The monoisotopic (exact) mass is 317 g/mol. The van der Waals surface area contributed by atoms with E-state index in [1.807, 2.05) is 6.92 Å². The van der Waals surface area contributed by atoms with Crippen LogP contribution >= 0.6 is 0 Å². The van der Waals surface area contributed by atoms with Crippen molar-refractivity contribution < 1.29 is 17.5 Å². The Morgan fingerprint density at radius 3 is 2.62 bits per heavy atom. The quantitative estimate of drug-likeness (QED) is 0.710. The van der Waals surface area contributed by atoms with E-state index in [1.165, 1.54) is 12.1 Å². The van der Waals surface area contributed by atoms with E-state index in [-0.39, 0.29) is 30.0 Å². The lowest BCUT2D eigenvalue weighted by molar-refractivity contribution is 0.315. The molecule has 1 aromatic rings. The van der Waals surface area contributed by atoms with Crippen LogP contribution in [0.1, 0.15) is 32.3 Å². The molecule has 0 aliphatic carbocycles. The van der Waals surface area contributed by atoms with Crippen LogP contribution in [0.2, 0.25) is 0 Å². The smallest absolute Gasteiger partial charge is 0.150 e. The first-order valence-corrected chi connectivity index (χ1v) is 9.06. The number of rotatable bonds is 9. The van der Waals surface area contributed by atoms with Gasteiger partial charge in [-0.3, -0.25) is 0 Å². The lowest BCUT2D eigenvalue weighted by atomic mass is 10.0. The van der Waals surface area contributed by atoms with Crippen LogP contribution in [0.3, 0.4) is 0 Å². The molecular weight excluding hydrogens is 293 g/mol. The molecule has 0 spiro atoms. The summed E-state index contributed by atoms with van der Waals surface area (Å²) in [6, 6.07) is 4.50. The van der Waals surface area contributed by atoms with Crippen LogP contribution in [0.15, 0.2) is 18.2 Å². The van der Waals surface area contributed by atoms with Crippen LogP contribution in [-0.2, 0) is 16.3 Å². The van der Waals surface area contributed by atoms with Gasteiger partial charge in [0.1, 0.15) is 21.4 Å². The Morgan fingerprint density at radius 1 is 1.29 bits per heavy atom. The molecule has 1 rings (SSSR count). The number of hydrogen-bond acceptors (Lipinski definition) is 4. The van der Waals surface area contributed by atoms with Gasteiger partial charge in [0.05, 0.1) is 12.4 Å². The summed E-state index contributed by atoms with van der Waals surface area (Å²) in [7, 11) is -2.98. The Kier molecular flexibility index (Phi) is 7.11. The van der Waals surface area contributed by atoms with Gasteiger partial charge in [0.2, 0.25) is 0 Å². The molecule has 0 fully saturated rings. The van der Waals surface area contributed by atoms with Crippen molar-refractivity contribution in [1.29, 1.82) is 0 Å². The van der Waals surface area contributed by atoms with Crippen LogP contribution in [0.5, 0.6) is 5.75 Å². The van der Waals surface area contributed by atoms with Crippen LogP contribution in [-0.4, -0.2) is 32.6 Å². The molecule has 0 bridgehead atoms. The third-order valence-corrected chi connectivity index (χ3v) is 5.05. The third-order valence-electron chi connectivity index (χ3n) is 3.26. The highest BCUT2D eigenvalue weighted by atomic mass is 32.2. The van der Waals surface area contributed by atoms with Gasteiger partial charge in [-0.2, -0.15) is 0 Å². The molecule has 0 aliphatic rings. The fraction of sp³-hybridized carbons (Fsp3) is 0.600. The molecule has 1 atom stereocenters. The fourth-order valence-electron chi connectivity index (χ4n) is 1.88. The Labute approximate surface area is 126 Å². The van der Waals surface area contributed by atoms with Crippen molar-refractivity contribution in [2.45, 2.75) is 39.2 Å².